The summed E-state index contributed by atoms with van der Waals surface area (Å²) in [5, 5.41) is 7.02. The Balaban J connectivity index is 1.92. The summed E-state index contributed by atoms with van der Waals surface area (Å²) in [5.74, 6) is 1.31. The summed E-state index contributed by atoms with van der Waals surface area (Å²) in [6.07, 6.45) is 4.71. The molecule has 0 radical (unpaired) electrons. The normalized spacial score (nSPS) is 20.1. The summed E-state index contributed by atoms with van der Waals surface area (Å²) in [6.45, 7) is 8.33. The van der Waals surface area contributed by atoms with Gasteiger partial charge in [-0.1, -0.05) is 6.42 Å². The van der Waals surface area contributed by atoms with Gasteiger partial charge >= 0.3 is 6.09 Å². The molecule has 0 saturated carbocycles. The number of amides is 1. The zero-order chi connectivity index (χ0) is 14.1. The van der Waals surface area contributed by atoms with E-state index in [1.54, 1.807) is 0 Å². The van der Waals surface area contributed by atoms with Crippen molar-refractivity contribution in [2.24, 2.45) is 0 Å². The Morgan fingerprint density at radius 2 is 2.11 bits per heavy atom. The van der Waals surface area contributed by atoms with Crippen LogP contribution in [0.1, 0.15) is 46.5 Å². The molecule has 0 aliphatic carbocycles. The van der Waals surface area contributed by atoms with E-state index in [2.05, 4.69) is 22.4 Å². The molecule has 1 saturated heterocycles. The molecule has 1 unspecified atom stereocenters. The maximum atomic E-state index is 11.4. The number of carbonyl (C=O) groups is 1. The molecule has 5 heteroatoms. The monoisotopic (exact) mass is 288 g/mol. The fourth-order valence-electron chi connectivity index (χ4n) is 1.95. The van der Waals surface area contributed by atoms with E-state index in [4.69, 9.17) is 4.74 Å². The van der Waals surface area contributed by atoms with Gasteiger partial charge in [0.2, 0.25) is 0 Å². The van der Waals surface area contributed by atoms with Crippen LogP contribution in [0.15, 0.2) is 0 Å². The van der Waals surface area contributed by atoms with Crippen LogP contribution in [-0.4, -0.2) is 42.3 Å². The van der Waals surface area contributed by atoms with E-state index < -0.39 is 5.60 Å². The quantitative estimate of drug-likeness (QED) is 0.738. The van der Waals surface area contributed by atoms with Gasteiger partial charge in [0, 0.05) is 18.3 Å². The van der Waals surface area contributed by atoms with E-state index in [0.717, 1.165) is 24.8 Å². The van der Waals surface area contributed by atoms with E-state index in [0.29, 0.717) is 6.54 Å². The van der Waals surface area contributed by atoms with Gasteiger partial charge < -0.3 is 15.4 Å². The Bertz CT molecular complexity index is 261. The molecule has 1 aliphatic rings. The summed E-state index contributed by atoms with van der Waals surface area (Å²) in [4.78, 5) is 11.4. The predicted octanol–water partition coefficient (Wildman–Crippen LogP) is 2.78. The van der Waals surface area contributed by atoms with Gasteiger partial charge in [-0.15, -0.1) is 0 Å². The lowest BCUT2D eigenvalue weighted by Gasteiger charge is -2.21. The fraction of sp³-hybridized carbons (Fsp3) is 0.929. The molecule has 1 fully saturated rings. The van der Waals surface area contributed by atoms with Crippen LogP contribution in [0.25, 0.3) is 0 Å². The molecule has 0 aromatic heterocycles. The zero-order valence-corrected chi connectivity index (χ0v) is 13.3. The van der Waals surface area contributed by atoms with E-state index >= 15 is 0 Å². The first-order chi connectivity index (χ1) is 8.97. The Labute approximate surface area is 121 Å². The molecule has 0 bridgehead atoms. The van der Waals surface area contributed by atoms with Crippen LogP contribution >= 0.6 is 11.8 Å². The van der Waals surface area contributed by atoms with Crippen molar-refractivity contribution in [2.45, 2.75) is 57.3 Å². The molecular weight excluding hydrogens is 260 g/mol. The molecule has 19 heavy (non-hydrogen) atoms. The topological polar surface area (TPSA) is 50.4 Å². The van der Waals surface area contributed by atoms with E-state index in [9.17, 15) is 4.79 Å². The van der Waals surface area contributed by atoms with Gasteiger partial charge in [0.05, 0.1) is 0 Å². The number of carbonyl (C=O) groups excluding carboxylic acids is 1. The maximum Gasteiger partial charge on any atom is 0.407 e. The van der Waals surface area contributed by atoms with Crippen molar-refractivity contribution in [2.75, 3.05) is 25.4 Å². The third kappa shape index (κ3) is 9.16. The second kappa shape index (κ2) is 8.69. The Morgan fingerprint density at radius 1 is 1.32 bits per heavy atom. The summed E-state index contributed by atoms with van der Waals surface area (Å²) in [6, 6.07) is 0. The minimum absolute atomic E-state index is 0.324. The van der Waals surface area contributed by atoms with Gasteiger partial charge in [0.1, 0.15) is 5.60 Å². The van der Waals surface area contributed by atoms with Crippen LogP contribution in [0.3, 0.4) is 0 Å². The molecule has 0 spiro atoms. The average molecular weight is 288 g/mol. The Hall–Kier alpha value is -0.420. The number of rotatable bonds is 6. The largest absolute Gasteiger partial charge is 0.444 e. The highest BCUT2D eigenvalue weighted by molar-refractivity contribution is 7.99. The first-order valence-corrected chi connectivity index (χ1v) is 8.31. The highest BCUT2D eigenvalue weighted by atomic mass is 32.2. The van der Waals surface area contributed by atoms with Gasteiger partial charge in [0.25, 0.3) is 0 Å². The minimum atomic E-state index is -0.416. The van der Waals surface area contributed by atoms with Crippen molar-refractivity contribution >= 4 is 17.9 Å². The Morgan fingerprint density at radius 3 is 2.74 bits per heavy atom. The molecule has 4 nitrogen and oxygen atoms in total. The van der Waals surface area contributed by atoms with Crippen molar-refractivity contribution in [1.82, 2.24) is 10.6 Å². The van der Waals surface area contributed by atoms with Gasteiger partial charge in [-0.05, 0) is 52.3 Å². The highest BCUT2D eigenvalue weighted by Gasteiger charge is 2.15. The third-order valence-corrected chi connectivity index (χ3v) is 4.24. The number of ether oxygens (including phenoxy) is 1. The summed E-state index contributed by atoms with van der Waals surface area (Å²) >= 11 is 2.09. The lowest BCUT2D eigenvalue weighted by Crippen LogP contribution is -2.34. The van der Waals surface area contributed by atoms with Crippen molar-refractivity contribution in [1.29, 1.82) is 0 Å². The molecule has 1 amide bonds. The van der Waals surface area contributed by atoms with E-state index in [1.165, 1.54) is 25.0 Å². The highest BCUT2D eigenvalue weighted by Crippen LogP contribution is 2.24. The lowest BCUT2D eigenvalue weighted by molar-refractivity contribution is 0.0527. The number of nitrogens with one attached hydrogen (secondary N) is 2. The summed E-state index contributed by atoms with van der Waals surface area (Å²) < 4.78 is 5.17. The zero-order valence-electron chi connectivity index (χ0n) is 12.5. The number of alkyl carbamates (subject to hydrolysis) is 1. The molecular formula is C14H28N2O2S. The molecule has 1 atom stereocenters. The molecule has 1 heterocycles. The SMILES string of the molecule is CC(C)(C)OC(=O)NCCCNCC1CCCCS1. The average Bonchev–Trinajstić information content (AvgIpc) is 2.32. The van der Waals surface area contributed by atoms with Crippen molar-refractivity contribution < 1.29 is 9.53 Å². The molecule has 1 aliphatic heterocycles. The predicted molar refractivity (Wildman–Crippen MR) is 81.8 cm³/mol. The van der Waals surface area contributed by atoms with Crippen LogP contribution in [0, 0.1) is 0 Å². The molecule has 0 aromatic rings. The van der Waals surface area contributed by atoms with Crippen molar-refractivity contribution in [3.05, 3.63) is 0 Å². The van der Waals surface area contributed by atoms with Crippen LogP contribution in [0.2, 0.25) is 0 Å². The third-order valence-electron chi connectivity index (χ3n) is 2.84. The van der Waals surface area contributed by atoms with Gasteiger partial charge in [-0.2, -0.15) is 11.8 Å². The van der Waals surface area contributed by atoms with Crippen LogP contribution in [0.5, 0.6) is 0 Å². The first-order valence-electron chi connectivity index (χ1n) is 7.26. The van der Waals surface area contributed by atoms with Crippen molar-refractivity contribution in [3.63, 3.8) is 0 Å². The Kier molecular flexibility index (Phi) is 7.61. The second-order valence-corrected chi connectivity index (χ2v) is 7.38. The van der Waals surface area contributed by atoms with Crippen LogP contribution in [-0.2, 0) is 4.74 Å². The molecule has 112 valence electrons. The smallest absolute Gasteiger partial charge is 0.407 e. The second-order valence-electron chi connectivity index (χ2n) is 5.97. The molecule has 2 N–H and O–H groups in total. The minimum Gasteiger partial charge on any atom is -0.444 e. The molecule has 1 rings (SSSR count). The number of hydrogen-bond acceptors (Lipinski definition) is 4. The fourth-order valence-corrected chi connectivity index (χ4v) is 3.22. The standard InChI is InChI=1S/C14H28N2O2S/c1-14(2,3)18-13(17)16-9-6-8-15-11-12-7-4-5-10-19-12/h12,15H,4-11H2,1-3H3,(H,16,17). The maximum absolute atomic E-state index is 11.4. The van der Waals surface area contributed by atoms with E-state index in [1.807, 2.05) is 20.8 Å². The van der Waals surface area contributed by atoms with Gasteiger partial charge in [0.15, 0.2) is 0 Å². The van der Waals surface area contributed by atoms with Crippen LogP contribution < -0.4 is 10.6 Å². The van der Waals surface area contributed by atoms with Gasteiger partial charge in [-0.25, -0.2) is 4.79 Å². The van der Waals surface area contributed by atoms with E-state index in [-0.39, 0.29) is 6.09 Å². The number of thioether (sulfide) groups is 1. The van der Waals surface area contributed by atoms with Crippen LogP contribution in [0.4, 0.5) is 4.79 Å². The molecule has 0 aromatic carbocycles. The summed E-state index contributed by atoms with van der Waals surface area (Å²) in [7, 11) is 0. The number of hydrogen-bond donors (Lipinski definition) is 2. The summed E-state index contributed by atoms with van der Waals surface area (Å²) in [5.41, 5.74) is -0.416. The van der Waals surface area contributed by atoms with Gasteiger partial charge in [-0.3, -0.25) is 0 Å². The lowest BCUT2D eigenvalue weighted by atomic mass is 10.2. The first kappa shape index (κ1) is 16.6. The van der Waals surface area contributed by atoms with Crippen molar-refractivity contribution in [3.8, 4) is 0 Å².